The molecular weight excluding hydrogens is 757 g/mol. The van der Waals surface area contributed by atoms with E-state index in [-0.39, 0.29) is 0 Å². The molecule has 0 fully saturated rings. The van der Waals surface area contributed by atoms with Crippen molar-refractivity contribution in [3.8, 4) is 51.0 Å². The molecule has 0 spiro atoms. The monoisotopic (exact) mass is 790 g/mol. The van der Waals surface area contributed by atoms with Gasteiger partial charge in [0.15, 0.2) is 17.5 Å². The molecule has 288 valence electrons. The van der Waals surface area contributed by atoms with Crippen LogP contribution < -0.4 is 0 Å². The molecule has 0 radical (unpaired) electrons. The van der Waals surface area contributed by atoms with Crippen LogP contribution in [-0.2, 0) is 0 Å². The molecule has 0 unspecified atom stereocenters. The maximum Gasteiger partial charge on any atom is 0.164 e. The number of aromatic nitrogens is 4. The van der Waals surface area contributed by atoms with Gasteiger partial charge < -0.3 is 8.98 Å². The lowest BCUT2D eigenvalue weighted by molar-refractivity contribution is 0.669. The maximum absolute atomic E-state index is 6.51. The third-order valence-corrected chi connectivity index (χ3v) is 12.4. The fourth-order valence-corrected chi connectivity index (χ4v) is 9.59. The molecule has 13 rings (SSSR count). The quantitative estimate of drug-likeness (QED) is 0.174. The summed E-state index contributed by atoms with van der Waals surface area (Å²) in [7, 11) is 0. The Morgan fingerprint density at radius 3 is 1.58 bits per heavy atom. The average molecular weight is 791 g/mol. The van der Waals surface area contributed by atoms with Gasteiger partial charge in [-0.2, -0.15) is 0 Å². The summed E-state index contributed by atoms with van der Waals surface area (Å²) in [6.45, 7) is 0. The third-order valence-electron chi connectivity index (χ3n) is 12.4. The molecule has 0 aliphatic rings. The van der Waals surface area contributed by atoms with Gasteiger partial charge in [-0.25, -0.2) is 15.0 Å². The van der Waals surface area contributed by atoms with Crippen molar-refractivity contribution in [1.29, 1.82) is 0 Å². The first-order valence-corrected chi connectivity index (χ1v) is 20.9. The predicted octanol–water partition coefficient (Wildman–Crippen LogP) is 15.0. The van der Waals surface area contributed by atoms with Gasteiger partial charge in [0.05, 0.1) is 16.7 Å². The van der Waals surface area contributed by atoms with Crippen molar-refractivity contribution in [2.45, 2.75) is 0 Å². The number of furan rings is 1. The number of hydrogen-bond acceptors (Lipinski definition) is 4. The van der Waals surface area contributed by atoms with Crippen LogP contribution in [0.15, 0.2) is 211 Å². The molecule has 0 saturated carbocycles. The molecule has 62 heavy (non-hydrogen) atoms. The van der Waals surface area contributed by atoms with Gasteiger partial charge in [-0.05, 0) is 86.4 Å². The minimum Gasteiger partial charge on any atom is -0.456 e. The molecule has 0 aliphatic heterocycles. The van der Waals surface area contributed by atoms with Gasteiger partial charge in [-0.15, -0.1) is 0 Å². The van der Waals surface area contributed by atoms with E-state index in [1.807, 2.05) is 12.1 Å². The molecule has 0 N–H and O–H groups in total. The second kappa shape index (κ2) is 13.6. The Morgan fingerprint density at radius 1 is 0.323 bits per heavy atom. The van der Waals surface area contributed by atoms with Crippen molar-refractivity contribution in [2.24, 2.45) is 0 Å². The van der Waals surface area contributed by atoms with Gasteiger partial charge in [0.2, 0.25) is 0 Å². The largest absolute Gasteiger partial charge is 0.456 e. The summed E-state index contributed by atoms with van der Waals surface area (Å²) in [6, 6.07) is 72.8. The summed E-state index contributed by atoms with van der Waals surface area (Å²) in [5.41, 5.74) is 9.90. The van der Waals surface area contributed by atoms with Crippen LogP contribution in [0.1, 0.15) is 0 Å². The standard InChI is InChI=1S/C57H34N4O/c1-2-17-38-34-51-47(32-37(38)16-1)42-22-7-9-27-49(42)61(51)50-31-30-39(33-48(50)43-24-13-29-53-54(43)46-23-8-10-28-52(46)62-53)55-58-56(44-25-11-18-35-14-3-5-20-40(35)44)60-57(59-55)45-26-12-19-36-15-4-6-21-41(36)45/h1-34H. The zero-order valence-corrected chi connectivity index (χ0v) is 33.3. The van der Waals surface area contributed by atoms with Crippen LogP contribution in [0, 0.1) is 0 Å². The molecule has 10 aromatic carbocycles. The van der Waals surface area contributed by atoms with Crippen LogP contribution >= 0.6 is 0 Å². The lowest BCUT2D eigenvalue weighted by Crippen LogP contribution is -2.02. The third kappa shape index (κ3) is 5.32. The van der Waals surface area contributed by atoms with Crippen LogP contribution in [0.4, 0.5) is 0 Å². The summed E-state index contributed by atoms with van der Waals surface area (Å²) in [5.74, 6) is 1.84. The molecule has 3 aromatic heterocycles. The van der Waals surface area contributed by atoms with E-state index in [9.17, 15) is 0 Å². The Hall–Kier alpha value is -8.41. The van der Waals surface area contributed by atoms with E-state index < -0.39 is 0 Å². The first kappa shape index (κ1) is 34.5. The van der Waals surface area contributed by atoms with Gasteiger partial charge >= 0.3 is 0 Å². The maximum atomic E-state index is 6.51. The fourth-order valence-electron chi connectivity index (χ4n) is 9.59. The van der Waals surface area contributed by atoms with Crippen molar-refractivity contribution < 1.29 is 4.42 Å². The zero-order valence-electron chi connectivity index (χ0n) is 33.3. The smallest absolute Gasteiger partial charge is 0.164 e. The second-order valence-corrected chi connectivity index (χ2v) is 15.9. The number of nitrogens with zero attached hydrogens (tertiary/aromatic N) is 4. The van der Waals surface area contributed by atoms with E-state index >= 15 is 0 Å². The van der Waals surface area contributed by atoms with E-state index in [1.54, 1.807) is 0 Å². The van der Waals surface area contributed by atoms with Gasteiger partial charge in [0.1, 0.15) is 11.2 Å². The molecule has 13 aromatic rings. The number of rotatable bonds is 5. The molecule has 3 heterocycles. The van der Waals surface area contributed by atoms with Crippen molar-refractivity contribution in [1.82, 2.24) is 19.5 Å². The fraction of sp³-hybridized carbons (Fsp3) is 0. The minimum absolute atomic E-state index is 0.594. The van der Waals surface area contributed by atoms with Crippen molar-refractivity contribution in [3.63, 3.8) is 0 Å². The van der Waals surface area contributed by atoms with Crippen molar-refractivity contribution >= 4 is 76.1 Å². The molecular formula is C57H34N4O. The number of benzene rings is 10. The highest BCUT2D eigenvalue weighted by Gasteiger charge is 2.22. The van der Waals surface area contributed by atoms with Crippen LogP contribution in [-0.4, -0.2) is 19.5 Å². The van der Waals surface area contributed by atoms with Crippen molar-refractivity contribution in [3.05, 3.63) is 206 Å². The average Bonchev–Trinajstić information content (AvgIpc) is 3.88. The normalized spacial score (nSPS) is 11.9. The van der Waals surface area contributed by atoms with E-state index in [2.05, 4.69) is 199 Å². The zero-order chi connectivity index (χ0) is 40.7. The van der Waals surface area contributed by atoms with E-state index in [4.69, 9.17) is 19.4 Å². The van der Waals surface area contributed by atoms with E-state index in [0.29, 0.717) is 17.5 Å². The van der Waals surface area contributed by atoms with Gasteiger partial charge in [-0.1, -0.05) is 158 Å². The Kier molecular flexibility index (Phi) is 7.54. The van der Waals surface area contributed by atoms with E-state index in [1.165, 1.54) is 21.5 Å². The highest BCUT2D eigenvalue weighted by molar-refractivity contribution is 6.16. The summed E-state index contributed by atoms with van der Waals surface area (Å²) in [6.07, 6.45) is 0. The summed E-state index contributed by atoms with van der Waals surface area (Å²) < 4.78 is 8.93. The molecule has 0 saturated heterocycles. The van der Waals surface area contributed by atoms with Crippen LogP contribution in [0.2, 0.25) is 0 Å². The molecule has 0 bridgehead atoms. The molecule has 5 nitrogen and oxygen atoms in total. The highest BCUT2D eigenvalue weighted by atomic mass is 16.3. The van der Waals surface area contributed by atoms with Gasteiger partial charge in [-0.3, -0.25) is 0 Å². The van der Waals surface area contributed by atoms with Crippen LogP contribution in [0.3, 0.4) is 0 Å². The molecule has 5 heteroatoms. The minimum atomic E-state index is 0.594. The van der Waals surface area contributed by atoms with E-state index in [0.717, 1.165) is 88.0 Å². The van der Waals surface area contributed by atoms with Gasteiger partial charge in [0, 0.05) is 43.8 Å². The molecule has 0 amide bonds. The Labute approximate surface area is 355 Å². The first-order chi connectivity index (χ1) is 30.7. The first-order valence-electron chi connectivity index (χ1n) is 20.9. The Morgan fingerprint density at radius 2 is 0.855 bits per heavy atom. The van der Waals surface area contributed by atoms with Crippen LogP contribution in [0.5, 0.6) is 0 Å². The second-order valence-electron chi connectivity index (χ2n) is 15.9. The summed E-state index contributed by atoms with van der Waals surface area (Å²) in [5, 5.41) is 11.4. The summed E-state index contributed by atoms with van der Waals surface area (Å²) >= 11 is 0. The number of hydrogen-bond donors (Lipinski definition) is 0. The lowest BCUT2D eigenvalue weighted by Gasteiger charge is -2.17. The highest BCUT2D eigenvalue weighted by Crippen LogP contribution is 2.44. The van der Waals surface area contributed by atoms with Gasteiger partial charge in [0.25, 0.3) is 0 Å². The molecule has 0 aliphatic carbocycles. The number of fused-ring (bicyclic) bond motifs is 9. The lowest BCUT2D eigenvalue weighted by atomic mass is 9.95. The predicted molar refractivity (Wildman–Crippen MR) is 256 cm³/mol. The Balaban J connectivity index is 1.13. The van der Waals surface area contributed by atoms with Crippen molar-refractivity contribution in [2.75, 3.05) is 0 Å². The van der Waals surface area contributed by atoms with Crippen LogP contribution in [0.25, 0.3) is 127 Å². The summed E-state index contributed by atoms with van der Waals surface area (Å²) in [4.78, 5) is 16.0. The number of para-hydroxylation sites is 2. The molecule has 0 atom stereocenters. The SMILES string of the molecule is c1ccc2cc3c(cc2c1)c1ccccc1n3-c1ccc(-c2nc(-c3cccc4ccccc34)nc(-c3cccc4ccccc34)n2)cc1-c1cccc2oc3ccccc3c12. The Bertz CT molecular complexity index is 3840. The topological polar surface area (TPSA) is 56.7 Å².